The first kappa shape index (κ1) is 35.7. The molecule has 0 aliphatic carbocycles. The summed E-state index contributed by atoms with van der Waals surface area (Å²) in [7, 11) is 0. The molecule has 0 spiro atoms. The zero-order valence-electron chi connectivity index (χ0n) is 34.0. The fraction of sp³-hybridized carbons (Fsp3) is 0. The van der Waals surface area contributed by atoms with Crippen LogP contribution in [0.3, 0.4) is 0 Å². The van der Waals surface area contributed by atoms with E-state index >= 15 is 0 Å². The molecule has 0 amide bonds. The molecule has 2 nitrogen and oxygen atoms in total. The van der Waals surface area contributed by atoms with Crippen LogP contribution in [0.1, 0.15) is 0 Å². The number of hydrogen-bond acceptors (Lipinski definition) is 1. The topological polar surface area (TPSA) is 8.17 Å². The maximum absolute atomic E-state index is 2.50. The summed E-state index contributed by atoms with van der Waals surface area (Å²) in [6, 6.07) is 88.7. The van der Waals surface area contributed by atoms with Crippen molar-refractivity contribution in [3.8, 4) is 39.1 Å². The summed E-state index contributed by atoms with van der Waals surface area (Å²) in [5.74, 6) is 0. The molecule has 290 valence electrons. The summed E-state index contributed by atoms with van der Waals surface area (Å²) in [6.45, 7) is 0. The summed E-state index contributed by atoms with van der Waals surface area (Å²) < 4.78 is 2.39. The second-order valence-electron chi connectivity index (χ2n) is 16.1. The van der Waals surface area contributed by atoms with Crippen LogP contribution < -0.4 is 4.90 Å². The lowest BCUT2D eigenvalue weighted by Gasteiger charge is -2.30. The van der Waals surface area contributed by atoms with E-state index in [1.807, 2.05) is 0 Å². The minimum absolute atomic E-state index is 1.09. The van der Waals surface area contributed by atoms with E-state index in [4.69, 9.17) is 0 Å². The average molecular weight is 789 g/mol. The van der Waals surface area contributed by atoms with Gasteiger partial charge in [-0.25, -0.2) is 0 Å². The number of anilines is 3. The minimum Gasteiger partial charge on any atom is -0.309 e. The fourth-order valence-electron chi connectivity index (χ4n) is 9.76. The Balaban J connectivity index is 1.21. The van der Waals surface area contributed by atoms with Crippen LogP contribution >= 0.6 is 0 Å². The molecule has 0 N–H and O–H groups in total. The molecule has 1 heterocycles. The lowest BCUT2D eigenvalue weighted by Crippen LogP contribution is -2.11. The van der Waals surface area contributed by atoms with Crippen LogP contribution in [0.2, 0.25) is 0 Å². The van der Waals surface area contributed by atoms with Gasteiger partial charge in [0.25, 0.3) is 0 Å². The van der Waals surface area contributed by atoms with E-state index in [1.54, 1.807) is 0 Å². The van der Waals surface area contributed by atoms with Crippen molar-refractivity contribution in [2.24, 2.45) is 0 Å². The van der Waals surface area contributed by atoms with E-state index in [1.165, 1.54) is 87.5 Å². The van der Waals surface area contributed by atoms with Crippen LogP contribution in [0.5, 0.6) is 0 Å². The third-order valence-electron chi connectivity index (χ3n) is 12.5. The number of rotatable bonds is 7. The number of nitrogens with zero attached hydrogens (tertiary/aromatic N) is 2. The van der Waals surface area contributed by atoms with Crippen molar-refractivity contribution >= 4 is 71.2 Å². The molecular weight excluding hydrogens is 749 g/mol. The van der Waals surface area contributed by atoms with Gasteiger partial charge in [0.15, 0.2) is 0 Å². The van der Waals surface area contributed by atoms with Crippen molar-refractivity contribution in [2.75, 3.05) is 4.90 Å². The highest BCUT2D eigenvalue weighted by molar-refractivity contribution is 6.24. The van der Waals surface area contributed by atoms with Crippen LogP contribution in [0.25, 0.3) is 93.2 Å². The predicted molar refractivity (Wildman–Crippen MR) is 264 cm³/mol. The average Bonchev–Trinajstić information content (AvgIpc) is 3.68. The Hall–Kier alpha value is -8.20. The van der Waals surface area contributed by atoms with Gasteiger partial charge in [-0.15, -0.1) is 0 Å². The largest absolute Gasteiger partial charge is 0.309 e. The highest BCUT2D eigenvalue weighted by atomic mass is 15.1. The van der Waals surface area contributed by atoms with Gasteiger partial charge in [-0.05, 0) is 116 Å². The van der Waals surface area contributed by atoms with Crippen molar-refractivity contribution < 1.29 is 0 Å². The van der Waals surface area contributed by atoms with Crippen molar-refractivity contribution in [3.05, 3.63) is 243 Å². The molecule has 0 fully saturated rings. The van der Waals surface area contributed by atoms with Gasteiger partial charge in [0, 0.05) is 38.6 Å². The molecule has 0 radical (unpaired) electrons. The second kappa shape index (κ2) is 14.8. The Morgan fingerprint density at radius 1 is 0.290 bits per heavy atom. The van der Waals surface area contributed by atoms with Crippen molar-refractivity contribution in [1.82, 2.24) is 4.57 Å². The Bertz CT molecular complexity index is 3600. The van der Waals surface area contributed by atoms with Gasteiger partial charge in [-0.1, -0.05) is 182 Å². The van der Waals surface area contributed by atoms with Gasteiger partial charge in [-0.3, -0.25) is 0 Å². The third-order valence-corrected chi connectivity index (χ3v) is 12.5. The summed E-state index contributed by atoms with van der Waals surface area (Å²) in [6.07, 6.45) is 0. The zero-order valence-corrected chi connectivity index (χ0v) is 34.0. The zero-order chi connectivity index (χ0) is 41.0. The van der Waals surface area contributed by atoms with E-state index in [2.05, 4.69) is 252 Å². The minimum atomic E-state index is 1.09. The highest BCUT2D eigenvalue weighted by Crippen LogP contribution is 2.50. The van der Waals surface area contributed by atoms with Gasteiger partial charge in [0.2, 0.25) is 0 Å². The van der Waals surface area contributed by atoms with E-state index in [9.17, 15) is 0 Å². The van der Waals surface area contributed by atoms with E-state index in [0.717, 1.165) is 22.7 Å². The Labute approximate surface area is 360 Å². The molecule has 1 aromatic heterocycles. The molecule has 12 aromatic rings. The van der Waals surface area contributed by atoms with Crippen LogP contribution in [-0.4, -0.2) is 4.57 Å². The molecule has 0 unspecified atom stereocenters. The molecule has 12 rings (SSSR count). The first-order valence-corrected chi connectivity index (χ1v) is 21.3. The SMILES string of the molecule is c1ccc(-c2ccc3c(-c4ccccc4)c4cc(-c5cccc6ccccc56)ccc4c(N(c4ccccc4)c4ccc5c(c4)c4ccccc4n5-c4ccccc4)c3c2)cc1. The number of para-hydroxylation sites is 3. The molecule has 0 aliphatic heterocycles. The van der Waals surface area contributed by atoms with Crippen LogP contribution in [0, 0.1) is 0 Å². The summed E-state index contributed by atoms with van der Waals surface area (Å²) in [4.78, 5) is 2.50. The van der Waals surface area contributed by atoms with Crippen molar-refractivity contribution in [2.45, 2.75) is 0 Å². The molecular formula is C60H40N2. The van der Waals surface area contributed by atoms with Gasteiger partial charge in [0.1, 0.15) is 0 Å². The second-order valence-corrected chi connectivity index (χ2v) is 16.1. The first-order valence-electron chi connectivity index (χ1n) is 21.3. The fourth-order valence-corrected chi connectivity index (χ4v) is 9.76. The lowest BCUT2D eigenvalue weighted by atomic mass is 9.86. The molecule has 0 aliphatic rings. The van der Waals surface area contributed by atoms with Crippen LogP contribution in [0.15, 0.2) is 243 Å². The summed E-state index contributed by atoms with van der Waals surface area (Å²) in [5, 5.41) is 9.70. The van der Waals surface area contributed by atoms with E-state index < -0.39 is 0 Å². The number of benzene rings is 11. The van der Waals surface area contributed by atoms with Gasteiger partial charge < -0.3 is 9.47 Å². The molecule has 0 saturated carbocycles. The third kappa shape index (κ3) is 5.88. The molecule has 0 saturated heterocycles. The maximum Gasteiger partial charge on any atom is 0.0619 e. The predicted octanol–water partition coefficient (Wildman–Crippen LogP) is 16.7. The van der Waals surface area contributed by atoms with E-state index in [-0.39, 0.29) is 0 Å². The molecule has 0 atom stereocenters. The van der Waals surface area contributed by atoms with Crippen molar-refractivity contribution in [3.63, 3.8) is 0 Å². The van der Waals surface area contributed by atoms with Gasteiger partial charge in [-0.2, -0.15) is 0 Å². The molecule has 62 heavy (non-hydrogen) atoms. The smallest absolute Gasteiger partial charge is 0.0619 e. The Morgan fingerprint density at radius 2 is 0.887 bits per heavy atom. The maximum atomic E-state index is 2.50. The number of fused-ring (bicyclic) bond motifs is 6. The summed E-state index contributed by atoms with van der Waals surface area (Å²) >= 11 is 0. The quantitative estimate of drug-likeness (QED) is 0.146. The molecule has 2 heteroatoms. The van der Waals surface area contributed by atoms with Gasteiger partial charge in [0.05, 0.1) is 16.7 Å². The number of aromatic nitrogens is 1. The highest BCUT2D eigenvalue weighted by Gasteiger charge is 2.25. The molecule has 0 bridgehead atoms. The lowest BCUT2D eigenvalue weighted by molar-refractivity contribution is 1.18. The molecule has 11 aromatic carbocycles. The monoisotopic (exact) mass is 788 g/mol. The summed E-state index contributed by atoms with van der Waals surface area (Å²) in [5.41, 5.74) is 14.1. The van der Waals surface area contributed by atoms with Crippen LogP contribution in [0.4, 0.5) is 17.1 Å². The first-order chi connectivity index (χ1) is 30.8. The van der Waals surface area contributed by atoms with Gasteiger partial charge >= 0.3 is 0 Å². The Kier molecular flexibility index (Phi) is 8.53. The Morgan fingerprint density at radius 3 is 1.68 bits per heavy atom. The number of hydrogen-bond donors (Lipinski definition) is 0. The van der Waals surface area contributed by atoms with E-state index in [0.29, 0.717) is 0 Å². The standard InChI is InChI=1S/C60H40N2/c1-5-18-41(19-6-1)44-32-35-52-56(38-44)60(53-36-33-45(39-55(53)59(52)43-21-7-2-8-22-43)50-30-17-23-42-20-13-14-28-49(42)50)61(46-24-9-3-10-25-46)48-34-37-58-54(40-48)51-29-15-16-31-57(51)62(58)47-26-11-4-12-27-47/h1-40H. The van der Waals surface area contributed by atoms with Crippen LogP contribution in [-0.2, 0) is 0 Å². The normalized spacial score (nSPS) is 11.5. The van der Waals surface area contributed by atoms with Crippen molar-refractivity contribution in [1.29, 1.82) is 0 Å².